The Bertz CT molecular complexity index is 2420. The number of para-hydroxylation sites is 3. The summed E-state index contributed by atoms with van der Waals surface area (Å²) in [6, 6.07) is 50.3. The number of aromatic nitrogens is 2. The molecule has 3 heterocycles. The van der Waals surface area contributed by atoms with E-state index in [0.717, 1.165) is 39.0 Å². The normalized spacial score (nSPS) is 15.8. The van der Waals surface area contributed by atoms with Crippen LogP contribution in [0.1, 0.15) is 27.7 Å². The smallest absolute Gasteiger partial charge is 0.399 e. The minimum absolute atomic E-state index is 0.425. The Hall–Kier alpha value is -5.10. The zero-order chi connectivity index (χ0) is 31.9. The van der Waals surface area contributed by atoms with Gasteiger partial charge in [-0.3, -0.25) is 0 Å². The maximum atomic E-state index is 6.54. The summed E-state index contributed by atoms with van der Waals surface area (Å²) in [7, 11) is -0.460. The number of hydrogen-bond acceptors (Lipinski definition) is 2. The second-order valence-corrected chi connectivity index (χ2v) is 13.7. The van der Waals surface area contributed by atoms with Crippen molar-refractivity contribution in [2.75, 3.05) is 0 Å². The Labute approximate surface area is 274 Å². The molecule has 8 aromatic rings. The fraction of sp³-hybridized carbons (Fsp3) is 0.143. The van der Waals surface area contributed by atoms with Gasteiger partial charge in [-0.1, -0.05) is 97.1 Å². The zero-order valence-electron chi connectivity index (χ0n) is 27.1. The molecule has 6 aromatic carbocycles. The standard InChI is InChI=1S/C42H35BN2O2/c1-41(2)42(3,4)47-43(46-41)29-22-24-31(28-14-6-5-7-15-28)40(26-29)45-38-21-13-10-18-34(38)35-27-30(23-25-39(35)45)44-36-19-11-8-16-32(36)33-17-9-12-20-37(33)44/h5-27H,1-4H3. The van der Waals surface area contributed by atoms with Crippen LogP contribution in [0, 0.1) is 0 Å². The number of benzene rings is 6. The highest BCUT2D eigenvalue weighted by Gasteiger charge is 2.51. The number of fused-ring (bicyclic) bond motifs is 6. The average Bonchev–Trinajstić information content (AvgIpc) is 3.68. The summed E-state index contributed by atoms with van der Waals surface area (Å²) >= 11 is 0. The summed E-state index contributed by atoms with van der Waals surface area (Å²) in [4.78, 5) is 0. The van der Waals surface area contributed by atoms with Gasteiger partial charge in [-0.2, -0.15) is 0 Å². The molecule has 0 saturated carbocycles. The molecule has 0 aliphatic carbocycles. The molecule has 9 rings (SSSR count). The van der Waals surface area contributed by atoms with Crippen LogP contribution in [0.25, 0.3) is 66.1 Å². The summed E-state index contributed by atoms with van der Waals surface area (Å²) in [6.07, 6.45) is 0. The summed E-state index contributed by atoms with van der Waals surface area (Å²) in [5, 5.41) is 4.94. The van der Waals surface area contributed by atoms with Gasteiger partial charge in [0.25, 0.3) is 0 Å². The van der Waals surface area contributed by atoms with E-state index < -0.39 is 18.3 Å². The van der Waals surface area contributed by atoms with Crippen LogP contribution >= 0.6 is 0 Å². The molecule has 1 saturated heterocycles. The largest absolute Gasteiger partial charge is 0.494 e. The topological polar surface area (TPSA) is 28.3 Å². The first-order valence-electron chi connectivity index (χ1n) is 16.4. The fourth-order valence-electron chi connectivity index (χ4n) is 7.28. The lowest BCUT2D eigenvalue weighted by atomic mass is 9.78. The quantitative estimate of drug-likeness (QED) is 0.186. The van der Waals surface area contributed by atoms with Gasteiger partial charge in [0.05, 0.1) is 39.0 Å². The van der Waals surface area contributed by atoms with Crippen LogP contribution in [0.3, 0.4) is 0 Å². The van der Waals surface area contributed by atoms with E-state index in [1.165, 1.54) is 32.6 Å². The molecule has 0 spiro atoms. The summed E-state index contributed by atoms with van der Waals surface area (Å²) in [6.45, 7) is 8.42. The molecule has 228 valence electrons. The van der Waals surface area contributed by atoms with Crippen LogP contribution < -0.4 is 5.46 Å². The highest BCUT2D eigenvalue weighted by Crippen LogP contribution is 2.40. The van der Waals surface area contributed by atoms with Crippen molar-refractivity contribution < 1.29 is 9.31 Å². The molecule has 0 atom stereocenters. The van der Waals surface area contributed by atoms with Gasteiger partial charge in [-0.05, 0) is 81.2 Å². The summed E-state index contributed by atoms with van der Waals surface area (Å²) in [5.74, 6) is 0. The van der Waals surface area contributed by atoms with E-state index in [1.807, 2.05) is 0 Å². The molecule has 2 aromatic heterocycles. The molecule has 0 amide bonds. The van der Waals surface area contributed by atoms with Crippen LogP contribution in [0.5, 0.6) is 0 Å². The molecule has 1 fully saturated rings. The molecule has 5 heteroatoms. The minimum atomic E-state index is -0.460. The lowest BCUT2D eigenvalue weighted by Crippen LogP contribution is -2.41. The van der Waals surface area contributed by atoms with Crippen molar-refractivity contribution in [2.24, 2.45) is 0 Å². The molecule has 47 heavy (non-hydrogen) atoms. The van der Waals surface area contributed by atoms with Crippen LogP contribution in [0.15, 0.2) is 140 Å². The first-order valence-corrected chi connectivity index (χ1v) is 16.4. The SMILES string of the molecule is CC1(C)OB(c2ccc(-c3ccccc3)c(-n3c4ccccc4c4cc(-n5c6ccccc6c6ccccc65)ccc43)c2)OC1(C)C. The van der Waals surface area contributed by atoms with Crippen molar-refractivity contribution in [2.45, 2.75) is 38.9 Å². The van der Waals surface area contributed by atoms with Crippen LogP contribution in [0.2, 0.25) is 0 Å². The molecule has 1 aliphatic rings. The number of hydrogen-bond donors (Lipinski definition) is 0. The van der Waals surface area contributed by atoms with Crippen LogP contribution in [-0.4, -0.2) is 27.5 Å². The average molecular weight is 611 g/mol. The van der Waals surface area contributed by atoms with Gasteiger partial charge in [0.15, 0.2) is 0 Å². The minimum Gasteiger partial charge on any atom is -0.399 e. The van der Waals surface area contributed by atoms with E-state index in [0.29, 0.717) is 0 Å². The monoisotopic (exact) mass is 610 g/mol. The Morgan fingerprint density at radius 2 is 0.979 bits per heavy atom. The van der Waals surface area contributed by atoms with E-state index in [1.54, 1.807) is 0 Å². The van der Waals surface area contributed by atoms with Crippen molar-refractivity contribution in [3.8, 4) is 22.5 Å². The lowest BCUT2D eigenvalue weighted by molar-refractivity contribution is 0.00578. The molecule has 0 radical (unpaired) electrons. The van der Waals surface area contributed by atoms with E-state index in [-0.39, 0.29) is 0 Å². The second kappa shape index (κ2) is 10.2. The fourth-order valence-corrected chi connectivity index (χ4v) is 7.28. The van der Waals surface area contributed by atoms with Gasteiger partial charge in [0.2, 0.25) is 0 Å². The molecular formula is C42H35BN2O2. The van der Waals surface area contributed by atoms with Gasteiger partial charge in [0.1, 0.15) is 0 Å². The summed E-state index contributed by atoms with van der Waals surface area (Å²) < 4.78 is 17.9. The van der Waals surface area contributed by atoms with Crippen LogP contribution in [0.4, 0.5) is 0 Å². The molecule has 0 bridgehead atoms. The molecule has 0 unspecified atom stereocenters. The van der Waals surface area contributed by atoms with Gasteiger partial charge < -0.3 is 18.4 Å². The van der Waals surface area contributed by atoms with Gasteiger partial charge >= 0.3 is 7.12 Å². The van der Waals surface area contributed by atoms with E-state index in [9.17, 15) is 0 Å². The highest BCUT2D eigenvalue weighted by molar-refractivity contribution is 6.62. The van der Waals surface area contributed by atoms with Crippen molar-refractivity contribution >= 4 is 56.2 Å². The molecular weight excluding hydrogens is 575 g/mol. The number of nitrogens with zero attached hydrogens (tertiary/aromatic N) is 2. The van der Waals surface area contributed by atoms with Crippen molar-refractivity contribution in [3.05, 3.63) is 140 Å². The molecule has 4 nitrogen and oxygen atoms in total. The van der Waals surface area contributed by atoms with Gasteiger partial charge in [-0.15, -0.1) is 0 Å². The first kappa shape index (κ1) is 28.2. The number of rotatable bonds is 4. The third-order valence-corrected chi connectivity index (χ3v) is 10.4. The maximum Gasteiger partial charge on any atom is 0.494 e. The predicted molar refractivity (Wildman–Crippen MR) is 196 cm³/mol. The van der Waals surface area contributed by atoms with E-state index in [2.05, 4.69) is 176 Å². The van der Waals surface area contributed by atoms with Crippen molar-refractivity contribution in [1.82, 2.24) is 9.13 Å². The maximum absolute atomic E-state index is 6.54. The Kier molecular flexibility index (Phi) is 6.11. The van der Waals surface area contributed by atoms with Crippen molar-refractivity contribution in [3.63, 3.8) is 0 Å². The molecule has 1 aliphatic heterocycles. The lowest BCUT2D eigenvalue weighted by Gasteiger charge is -2.32. The van der Waals surface area contributed by atoms with E-state index in [4.69, 9.17) is 9.31 Å². The zero-order valence-corrected chi connectivity index (χ0v) is 27.1. The highest BCUT2D eigenvalue weighted by atomic mass is 16.7. The van der Waals surface area contributed by atoms with Gasteiger partial charge in [-0.25, -0.2) is 0 Å². The third kappa shape index (κ3) is 4.24. The third-order valence-electron chi connectivity index (χ3n) is 10.4. The first-order chi connectivity index (χ1) is 22.8. The second-order valence-electron chi connectivity index (χ2n) is 13.7. The van der Waals surface area contributed by atoms with Crippen molar-refractivity contribution in [1.29, 1.82) is 0 Å². The van der Waals surface area contributed by atoms with Gasteiger partial charge in [0, 0.05) is 32.8 Å². The Morgan fingerprint density at radius 1 is 0.468 bits per heavy atom. The Balaban J connectivity index is 1.30. The predicted octanol–water partition coefficient (Wildman–Crippen LogP) is 9.85. The Morgan fingerprint density at radius 3 is 1.60 bits per heavy atom. The van der Waals surface area contributed by atoms with Crippen LogP contribution in [-0.2, 0) is 9.31 Å². The summed E-state index contributed by atoms with van der Waals surface area (Å²) in [5.41, 5.74) is 9.44. The molecule has 0 N–H and O–H groups in total. The van der Waals surface area contributed by atoms with E-state index >= 15 is 0 Å².